The number of urea groups is 1. The van der Waals surface area contributed by atoms with Crippen LogP contribution in [0.15, 0.2) is 36.0 Å². The summed E-state index contributed by atoms with van der Waals surface area (Å²) in [6, 6.07) is 7.75. The van der Waals surface area contributed by atoms with Gasteiger partial charge in [0.05, 0.1) is 0 Å². The van der Waals surface area contributed by atoms with E-state index in [4.69, 9.17) is 0 Å². The van der Waals surface area contributed by atoms with Crippen LogP contribution in [0, 0.1) is 0 Å². The molecule has 0 aliphatic heterocycles. The number of rotatable bonds is 3. The molecule has 1 aromatic rings. The van der Waals surface area contributed by atoms with Crippen LogP contribution >= 0.6 is 0 Å². The highest BCUT2D eigenvalue weighted by molar-refractivity contribution is 5.90. The Morgan fingerprint density at radius 1 is 1.21 bits per heavy atom. The second-order valence-corrected chi connectivity index (χ2v) is 4.97. The van der Waals surface area contributed by atoms with Crippen molar-refractivity contribution in [3.05, 3.63) is 41.6 Å². The normalized spacial score (nSPS) is 14.9. The first kappa shape index (κ1) is 13.7. The van der Waals surface area contributed by atoms with Crippen molar-refractivity contribution in [1.82, 2.24) is 5.32 Å². The number of amides is 2. The Morgan fingerprint density at radius 3 is 2.68 bits per heavy atom. The summed E-state index contributed by atoms with van der Waals surface area (Å²) in [7, 11) is 0. The molecule has 3 nitrogen and oxygen atoms in total. The van der Waals surface area contributed by atoms with Gasteiger partial charge in [-0.15, -0.1) is 0 Å². The van der Waals surface area contributed by atoms with E-state index in [0.717, 1.165) is 30.5 Å². The van der Waals surface area contributed by atoms with E-state index in [9.17, 15) is 4.79 Å². The molecular weight excluding hydrogens is 236 g/mol. The van der Waals surface area contributed by atoms with Gasteiger partial charge in [-0.3, -0.25) is 0 Å². The number of allylic oxidation sites excluding steroid dienone is 1. The summed E-state index contributed by atoms with van der Waals surface area (Å²) in [6.45, 7) is 2.09. The molecule has 0 bridgehead atoms. The Morgan fingerprint density at radius 2 is 1.95 bits per heavy atom. The second kappa shape index (κ2) is 6.98. The van der Waals surface area contributed by atoms with Crippen molar-refractivity contribution in [2.24, 2.45) is 0 Å². The average molecular weight is 258 g/mol. The fourth-order valence-electron chi connectivity index (χ4n) is 2.43. The quantitative estimate of drug-likeness (QED) is 0.837. The zero-order valence-electron chi connectivity index (χ0n) is 11.5. The van der Waals surface area contributed by atoms with E-state index in [0.29, 0.717) is 0 Å². The molecule has 0 atom stereocenters. The molecule has 0 saturated heterocycles. The maximum atomic E-state index is 11.9. The van der Waals surface area contributed by atoms with Crippen molar-refractivity contribution in [3.63, 3.8) is 0 Å². The van der Waals surface area contributed by atoms with Crippen molar-refractivity contribution in [1.29, 1.82) is 0 Å². The van der Waals surface area contributed by atoms with Crippen molar-refractivity contribution in [2.75, 3.05) is 5.32 Å². The standard InChI is InChI=1S/C16H22N2O/c1-2-14-10-6-7-11-15(14)18-16(19)17-12-13-8-4-3-5-9-13/h6-7,10-12H,2-5,8-9H2,1H3,(H2,17,18,19). The first-order valence-electron chi connectivity index (χ1n) is 7.13. The maximum Gasteiger partial charge on any atom is 0.323 e. The van der Waals surface area contributed by atoms with Gasteiger partial charge < -0.3 is 10.6 Å². The Labute approximate surface area is 115 Å². The van der Waals surface area contributed by atoms with Crippen LogP contribution in [0.25, 0.3) is 0 Å². The molecule has 102 valence electrons. The van der Waals surface area contributed by atoms with Crippen molar-refractivity contribution >= 4 is 11.7 Å². The highest BCUT2D eigenvalue weighted by Gasteiger charge is 2.07. The minimum absolute atomic E-state index is 0.154. The van der Waals surface area contributed by atoms with E-state index in [1.54, 1.807) is 0 Å². The molecule has 19 heavy (non-hydrogen) atoms. The Bertz CT molecular complexity index is 458. The molecule has 2 rings (SSSR count). The van der Waals surface area contributed by atoms with Gasteiger partial charge in [0.1, 0.15) is 0 Å². The molecule has 3 heteroatoms. The lowest BCUT2D eigenvalue weighted by Gasteiger charge is -2.14. The lowest BCUT2D eigenvalue weighted by molar-refractivity contribution is 0.255. The number of hydrogen-bond donors (Lipinski definition) is 2. The molecule has 0 heterocycles. The smallest absolute Gasteiger partial charge is 0.314 e. The minimum Gasteiger partial charge on any atom is -0.314 e. The number of anilines is 1. The van der Waals surface area contributed by atoms with E-state index >= 15 is 0 Å². The van der Waals surface area contributed by atoms with Crippen LogP contribution in [-0.4, -0.2) is 6.03 Å². The number of hydrogen-bond acceptors (Lipinski definition) is 1. The number of carbonyl (C=O) groups excluding carboxylic acids is 1. The van der Waals surface area contributed by atoms with E-state index in [1.165, 1.54) is 24.8 Å². The molecule has 1 aromatic carbocycles. The molecule has 1 aliphatic carbocycles. The number of aryl methyl sites for hydroxylation is 1. The van der Waals surface area contributed by atoms with Crippen molar-refractivity contribution in [3.8, 4) is 0 Å². The van der Waals surface area contributed by atoms with Gasteiger partial charge in [-0.1, -0.05) is 37.1 Å². The van der Waals surface area contributed by atoms with Crippen LogP contribution < -0.4 is 10.6 Å². The molecule has 2 N–H and O–H groups in total. The van der Waals surface area contributed by atoms with E-state index in [1.807, 2.05) is 30.5 Å². The summed E-state index contributed by atoms with van der Waals surface area (Å²) in [6.07, 6.45) is 8.83. The first-order valence-corrected chi connectivity index (χ1v) is 7.13. The second-order valence-electron chi connectivity index (χ2n) is 4.97. The fourth-order valence-corrected chi connectivity index (χ4v) is 2.43. The van der Waals surface area contributed by atoms with Crippen molar-refractivity contribution < 1.29 is 4.79 Å². The number of benzene rings is 1. The largest absolute Gasteiger partial charge is 0.323 e. The molecule has 1 saturated carbocycles. The third-order valence-corrected chi connectivity index (χ3v) is 3.55. The number of nitrogens with one attached hydrogen (secondary N) is 2. The Hall–Kier alpha value is -1.77. The first-order chi connectivity index (χ1) is 9.29. The molecule has 0 radical (unpaired) electrons. The predicted molar refractivity (Wildman–Crippen MR) is 79.1 cm³/mol. The van der Waals surface area contributed by atoms with Crippen LogP contribution in [0.4, 0.5) is 10.5 Å². The minimum atomic E-state index is -0.154. The third-order valence-electron chi connectivity index (χ3n) is 3.55. The Kier molecular flexibility index (Phi) is 5.01. The molecule has 0 unspecified atom stereocenters. The van der Waals surface area contributed by atoms with Crippen LogP contribution in [0.3, 0.4) is 0 Å². The third kappa shape index (κ3) is 4.12. The summed E-state index contributed by atoms with van der Waals surface area (Å²) in [4.78, 5) is 11.9. The van der Waals surface area contributed by atoms with Crippen LogP contribution in [0.2, 0.25) is 0 Å². The molecule has 1 fully saturated rings. The summed E-state index contributed by atoms with van der Waals surface area (Å²) in [5, 5.41) is 5.75. The molecular formula is C16H22N2O. The summed E-state index contributed by atoms with van der Waals surface area (Å²) in [5.41, 5.74) is 3.40. The number of para-hydroxylation sites is 1. The van der Waals surface area contributed by atoms with Gasteiger partial charge in [0.2, 0.25) is 0 Å². The summed E-state index contributed by atoms with van der Waals surface area (Å²) >= 11 is 0. The van der Waals surface area contributed by atoms with Gasteiger partial charge in [-0.2, -0.15) is 0 Å². The monoisotopic (exact) mass is 258 g/mol. The molecule has 1 aliphatic rings. The molecule has 2 amide bonds. The van der Waals surface area contributed by atoms with E-state index in [-0.39, 0.29) is 6.03 Å². The lowest BCUT2D eigenvalue weighted by Crippen LogP contribution is -2.25. The van der Waals surface area contributed by atoms with Crippen LogP contribution in [-0.2, 0) is 6.42 Å². The van der Waals surface area contributed by atoms with Gasteiger partial charge in [-0.05, 0) is 43.7 Å². The van der Waals surface area contributed by atoms with Crippen molar-refractivity contribution in [2.45, 2.75) is 45.4 Å². The maximum absolute atomic E-state index is 11.9. The number of carbonyl (C=O) groups is 1. The lowest BCUT2D eigenvalue weighted by atomic mass is 9.96. The predicted octanol–water partition coefficient (Wildman–Crippen LogP) is 4.22. The summed E-state index contributed by atoms with van der Waals surface area (Å²) in [5.74, 6) is 0. The fraction of sp³-hybridized carbons (Fsp3) is 0.438. The Balaban J connectivity index is 1.90. The van der Waals surface area contributed by atoms with Gasteiger partial charge in [0, 0.05) is 11.9 Å². The van der Waals surface area contributed by atoms with E-state index < -0.39 is 0 Å². The average Bonchev–Trinajstić information content (AvgIpc) is 2.47. The van der Waals surface area contributed by atoms with Gasteiger partial charge in [0.15, 0.2) is 0 Å². The molecule has 0 aromatic heterocycles. The SMILES string of the molecule is CCc1ccccc1NC(=O)NC=C1CCCCC1. The van der Waals surface area contributed by atoms with Gasteiger partial charge in [-0.25, -0.2) is 4.79 Å². The van der Waals surface area contributed by atoms with Crippen LogP contribution in [0.1, 0.15) is 44.6 Å². The van der Waals surface area contributed by atoms with Crippen LogP contribution in [0.5, 0.6) is 0 Å². The highest BCUT2D eigenvalue weighted by atomic mass is 16.2. The zero-order valence-corrected chi connectivity index (χ0v) is 11.5. The zero-order chi connectivity index (χ0) is 13.5. The highest BCUT2D eigenvalue weighted by Crippen LogP contribution is 2.21. The summed E-state index contributed by atoms with van der Waals surface area (Å²) < 4.78 is 0. The molecule has 0 spiro atoms. The van der Waals surface area contributed by atoms with Gasteiger partial charge >= 0.3 is 6.03 Å². The topological polar surface area (TPSA) is 41.1 Å². The van der Waals surface area contributed by atoms with Gasteiger partial charge in [0.25, 0.3) is 0 Å². The van der Waals surface area contributed by atoms with E-state index in [2.05, 4.69) is 17.6 Å².